The number of fused-ring (bicyclic) bond motifs is 1. The lowest BCUT2D eigenvalue weighted by atomic mass is 10.2. The van der Waals surface area contributed by atoms with E-state index in [-0.39, 0.29) is 18.9 Å². The maximum Gasteiger partial charge on any atom is 0.243 e. The van der Waals surface area contributed by atoms with Gasteiger partial charge in [-0.2, -0.15) is 0 Å². The van der Waals surface area contributed by atoms with Crippen LogP contribution in [0.2, 0.25) is 0 Å². The summed E-state index contributed by atoms with van der Waals surface area (Å²) in [4.78, 5) is 30.6. The van der Waals surface area contributed by atoms with Gasteiger partial charge in [0, 0.05) is 29.9 Å². The second-order valence-electron chi connectivity index (χ2n) is 7.95. The largest absolute Gasteiger partial charge is 0.497 e. The maximum absolute atomic E-state index is 12.8. The molecule has 4 rings (SSSR count). The Hall–Kier alpha value is -3.91. The number of ether oxygens (including phenoxy) is 1. The van der Waals surface area contributed by atoms with Crippen LogP contribution >= 0.6 is 11.3 Å². The van der Waals surface area contributed by atoms with Gasteiger partial charge in [0.1, 0.15) is 10.8 Å². The van der Waals surface area contributed by atoms with E-state index in [1.165, 1.54) is 5.56 Å². The van der Waals surface area contributed by atoms with Crippen molar-refractivity contribution in [2.45, 2.75) is 13.3 Å². The first kappa shape index (κ1) is 23.3. The van der Waals surface area contributed by atoms with Gasteiger partial charge in [-0.3, -0.25) is 9.59 Å². The van der Waals surface area contributed by atoms with Crippen molar-refractivity contribution in [2.75, 3.05) is 30.4 Å². The Morgan fingerprint density at radius 2 is 1.79 bits per heavy atom. The number of thiazole rings is 1. The Balaban J connectivity index is 1.43. The second-order valence-corrected chi connectivity index (χ2v) is 8.98. The smallest absolute Gasteiger partial charge is 0.243 e. The highest BCUT2D eigenvalue weighted by atomic mass is 32.1. The Kier molecular flexibility index (Phi) is 7.08. The number of rotatable bonds is 9. The quantitative estimate of drug-likeness (QED) is 0.369. The summed E-state index contributed by atoms with van der Waals surface area (Å²) in [5.74, 6) is 0.106. The summed E-state index contributed by atoms with van der Waals surface area (Å²) in [5, 5.41) is 3.87. The molecule has 0 unspecified atom stereocenters. The highest BCUT2D eigenvalue weighted by Gasteiger charge is 2.14. The lowest BCUT2D eigenvalue weighted by molar-refractivity contribution is -0.118. The molecule has 0 fully saturated rings. The Bertz CT molecular complexity index is 1300. The van der Waals surface area contributed by atoms with Crippen LogP contribution in [0.3, 0.4) is 0 Å². The Labute approximate surface area is 202 Å². The lowest BCUT2D eigenvalue weighted by Crippen LogP contribution is -2.35. The van der Waals surface area contributed by atoms with Crippen LogP contribution in [0.15, 0.2) is 66.7 Å². The van der Waals surface area contributed by atoms with Gasteiger partial charge >= 0.3 is 0 Å². The minimum absolute atomic E-state index is 0.0819. The first-order valence-corrected chi connectivity index (χ1v) is 11.7. The number of nitrogens with two attached hydrogens (primary N) is 1. The predicted octanol–water partition coefficient (Wildman–Crippen LogP) is 4.60. The SMILES string of the molecule is COc1ccc(N(CCC(N)=O)CC(=O)Nc2ccc(-c3nc4ccc(C)cc4s3)cc2)cc1. The number of nitrogens with zero attached hydrogens (tertiary/aromatic N) is 2. The molecule has 1 heterocycles. The van der Waals surface area contributed by atoms with Gasteiger partial charge in [0.15, 0.2) is 0 Å². The molecule has 0 spiro atoms. The van der Waals surface area contributed by atoms with Crippen molar-refractivity contribution in [1.82, 2.24) is 4.98 Å². The molecule has 34 heavy (non-hydrogen) atoms. The number of primary amides is 1. The topological polar surface area (TPSA) is 97.5 Å². The second kappa shape index (κ2) is 10.4. The van der Waals surface area contributed by atoms with E-state index in [2.05, 4.69) is 24.4 Å². The fraction of sp³-hybridized carbons (Fsp3) is 0.192. The van der Waals surface area contributed by atoms with Crippen LogP contribution < -0.4 is 20.7 Å². The van der Waals surface area contributed by atoms with E-state index in [1.807, 2.05) is 59.5 Å². The number of hydrogen-bond donors (Lipinski definition) is 2. The highest BCUT2D eigenvalue weighted by molar-refractivity contribution is 7.21. The van der Waals surface area contributed by atoms with Crippen LogP contribution in [0.1, 0.15) is 12.0 Å². The molecule has 3 N–H and O–H groups in total. The van der Waals surface area contributed by atoms with E-state index in [4.69, 9.17) is 15.5 Å². The average Bonchev–Trinajstić information content (AvgIpc) is 3.25. The lowest BCUT2D eigenvalue weighted by Gasteiger charge is -2.24. The normalized spacial score (nSPS) is 10.8. The van der Waals surface area contributed by atoms with Crippen LogP contribution in [0.25, 0.3) is 20.8 Å². The summed E-state index contributed by atoms with van der Waals surface area (Å²) in [6.07, 6.45) is 0.149. The zero-order chi connectivity index (χ0) is 24.1. The number of carbonyl (C=O) groups is 2. The van der Waals surface area contributed by atoms with E-state index in [0.29, 0.717) is 18.0 Å². The third kappa shape index (κ3) is 5.71. The third-order valence-corrected chi connectivity index (χ3v) is 6.43. The predicted molar refractivity (Wildman–Crippen MR) is 137 cm³/mol. The molecule has 0 saturated carbocycles. The summed E-state index contributed by atoms with van der Waals surface area (Å²) >= 11 is 1.65. The average molecular weight is 475 g/mol. The zero-order valence-corrected chi connectivity index (χ0v) is 19.9. The van der Waals surface area contributed by atoms with Gasteiger partial charge in [0.25, 0.3) is 0 Å². The molecule has 7 nitrogen and oxygen atoms in total. The van der Waals surface area contributed by atoms with E-state index >= 15 is 0 Å². The van der Waals surface area contributed by atoms with Gasteiger partial charge < -0.3 is 20.7 Å². The minimum Gasteiger partial charge on any atom is -0.497 e. The number of amides is 2. The van der Waals surface area contributed by atoms with Crippen LogP contribution in [0.4, 0.5) is 11.4 Å². The molecule has 0 atom stereocenters. The molecule has 0 aliphatic rings. The van der Waals surface area contributed by atoms with Crippen LogP contribution in [-0.2, 0) is 9.59 Å². The maximum atomic E-state index is 12.8. The van der Waals surface area contributed by atoms with Crippen LogP contribution in [-0.4, -0.2) is 37.0 Å². The number of benzene rings is 3. The standard InChI is InChI=1S/C26H26N4O3S/c1-17-3-12-22-23(15-17)34-26(29-22)18-4-6-19(7-5-18)28-25(32)16-30(14-13-24(27)31)20-8-10-21(33-2)11-9-20/h3-12,15H,13-14,16H2,1-2H3,(H2,27,31)(H,28,32). The summed E-state index contributed by atoms with van der Waals surface area (Å²) < 4.78 is 6.35. The summed E-state index contributed by atoms with van der Waals surface area (Å²) in [6.45, 7) is 2.49. The van der Waals surface area contributed by atoms with Gasteiger partial charge in [0.05, 0.1) is 23.9 Å². The van der Waals surface area contributed by atoms with Crippen LogP contribution in [0.5, 0.6) is 5.75 Å². The van der Waals surface area contributed by atoms with Crippen molar-refractivity contribution < 1.29 is 14.3 Å². The molecular weight excluding hydrogens is 448 g/mol. The van der Waals surface area contributed by atoms with Crippen molar-refractivity contribution >= 4 is 44.7 Å². The summed E-state index contributed by atoms with van der Waals surface area (Å²) in [6, 6.07) is 21.2. The number of methoxy groups -OCH3 is 1. The number of hydrogen-bond acceptors (Lipinski definition) is 6. The van der Waals surface area contributed by atoms with E-state index in [9.17, 15) is 9.59 Å². The van der Waals surface area contributed by atoms with Gasteiger partial charge in [-0.1, -0.05) is 6.07 Å². The number of aromatic nitrogens is 1. The Morgan fingerprint density at radius 1 is 1.06 bits per heavy atom. The number of carbonyl (C=O) groups excluding carboxylic acids is 2. The fourth-order valence-electron chi connectivity index (χ4n) is 3.56. The molecule has 4 aromatic rings. The van der Waals surface area contributed by atoms with Gasteiger partial charge in [-0.15, -0.1) is 11.3 Å². The van der Waals surface area contributed by atoms with Gasteiger partial charge in [-0.25, -0.2) is 4.98 Å². The summed E-state index contributed by atoms with van der Waals surface area (Å²) in [5.41, 5.74) is 10.0. The first-order chi connectivity index (χ1) is 16.4. The highest BCUT2D eigenvalue weighted by Crippen LogP contribution is 2.31. The molecule has 174 valence electrons. The van der Waals surface area contributed by atoms with Crippen molar-refractivity contribution in [1.29, 1.82) is 0 Å². The number of nitrogens with one attached hydrogen (secondary N) is 1. The molecule has 0 bridgehead atoms. The molecule has 3 aromatic carbocycles. The van der Waals surface area contributed by atoms with E-state index < -0.39 is 5.91 Å². The Morgan fingerprint density at radius 3 is 2.47 bits per heavy atom. The monoisotopic (exact) mass is 474 g/mol. The molecule has 0 aliphatic carbocycles. The van der Waals surface area contributed by atoms with Crippen molar-refractivity contribution in [2.24, 2.45) is 5.73 Å². The van der Waals surface area contributed by atoms with Gasteiger partial charge in [0.2, 0.25) is 11.8 Å². The van der Waals surface area contributed by atoms with Crippen molar-refractivity contribution in [3.63, 3.8) is 0 Å². The number of aryl methyl sites for hydroxylation is 1. The first-order valence-electron chi connectivity index (χ1n) is 10.9. The molecule has 0 aliphatic heterocycles. The number of anilines is 2. The molecule has 8 heteroatoms. The molecular formula is C26H26N4O3S. The van der Waals surface area contributed by atoms with Crippen LogP contribution in [0, 0.1) is 6.92 Å². The van der Waals surface area contributed by atoms with E-state index in [1.54, 1.807) is 18.4 Å². The third-order valence-electron chi connectivity index (χ3n) is 5.36. The van der Waals surface area contributed by atoms with Crippen molar-refractivity contribution in [3.05, 3.63) is 72.3 Å². The molecule has 1 aromatic heterocycles. The summed E-state index contributed by atoms with van der Waals surface area (Å²) in [7, 11) is 1.59. The van der Waals surface area contributed by atoms with Crippen molar-refractivity contribution in [3.8, 4) is 16.3 Å². The molecule has 2 amide bonds. The molecule has 0 radical (unpaired) electrons. The van der Waals surface area contributed by atoms with E-state index in [0.717, 1.165) is 26.5 Å². The molecule has 0 saturated heterocycles. The van der Waals surface area contributed by atoms with Gasteiger partial charge in [-0.05, 0) is 73.2 Å². The fourth-order valence-corrected chi connectivity index (χ4v) is 4.63. The zero-order valence-electron chi connectivity index (χ0n) is 19.1. The minimum atomic E-state index is -0.417.